The molecule has 1 saturated carbocycles. The van der Waals surface area contributed by atoms with Gasteiger partial charge in [-0.15, -0.1) is 0 Å². The number of ether oxygens (including phenoxy) is 1. The van der Waals surface area contributed by atoms with Crippen molar-refractivity contribution in [2.24, 2.45) is 0 Å². The maximum atomic E-state index is 13.4. The molecule has 0 aromatic heterocycles. The minimum atomic E-state index is -2.79. The number of ketones is 1. The molecule has 0 amide bonds. The molecular weight excluding hydrogens is 326 g/mol. The molecule has 3 nitrogen and oxygen atoms in total. The molecule has 1 heterocycles. The third-order valence-corrected chi connectivity index (χ3v) is 5.10. The smallest absolute Gasteiger partial charge is 0.322 e. The number of alkyl halides is 2. The lowest BCUT2D eigenvalue weighted by molar-refractivity contribution is -0.163. The average molecular weight is 343 g/mol. The Bertz CT molecular complexity index is 666. The first-order chi connectivity index (χ1) is 10.7. The number of Topliss-reactive ketones (excluding diaryl/α,β-unsaturated/α-hetero) is 1. The number of rotatable bonds is 1. The predicted octanol–water partition coefficient (Wildman–Crippen LogP) is 4.11. The third kappa shape index (κ3) is 2.65. The lowest BCUT2D eigenvalue weighted by Gasteiger charge is -2.34. The van der Waals surface area contributed by atoms with E-state index in [4.69, 9.17) is 16.3 Å². The number of hydrogen-bond acceptors (Lipinski definition) is 3. The summed E-state index contributed by atoms with van der Waals surface area (Å²) in [4.78, 5) is 25.2. The van der Waals surface area contributed by atoms with Gasteiger partial charge in [0.15, 0.2) is 11.4 Å². The molecule has 0 radical (unpaired) electrons. The lowest BCUT2D eigenvalue weighted by Crippen LogP contribution is -2.44. The first-order valence-corrected chi connectivity index (χ1v) is 7.95. The summed E-state index contributed by atoms with van der Waals surface area (Å²) in [5.41, 5.74) is 0.646. The lowest BCUT2D eigenvalue weighted by atomic mass is 9.76. The molecule has 1 aromatic rings. The molecule has 0 N–H and O–H groups in total. The highest BCUT2D eigenvalue weighted by atomic mass is 35.5. The van der Waals surface area contributed by atoms with Crippen molar-refractivity contribution in [3.8, 4) is 0 Å². The average Bonchev–Trinajstić information content (AvgIpc) is 2.66. The topological polar surface area (TPSA) is 43.4 Å². The Kier molecular flexibility index (Phi) is 3.75. The number of esters is 1. The molecule has 3 rings (SSSR count). The number of carbonyl (C=O) groups is 2. The van der Waals surface area contributed by atoms with E-state index in [0.717, 1.165) is 11.1 Å². The van der Waals surface area contributed by atoms with Crippen LogP contribution < -0.4 is 0 Å². The van der Waals surface area contributed by atoms with Crippen molar-refractivity contribution in [3.63, 3.8) is 0 Å². The van der Waals surface area contributed by atoms with Crippen LogP contribution in [0.25, 0.3) is 0 Å². The van der Waals surface area contributed by atoms with Crippen molar-refractivity contribution in [2.75, 3.05) is 0 Å². The maximum Gasteiger partial charge on any atom is 0.322 e. The van der Waals surface area contributed by atoms with Gasteiger partial charge < -0.3 is 4.74 Å². The summed E-state index contributed by atoms with van der Waals surface area (Å²) in [6.45, 7) is 3.55. The van der Waals surface area contributed by atoms with Crippen LogP contribution in [-0.2, 0) is 14.3 Å². The fourth-order valence-corrected chi connectivity index (χ4v) is 3.99. The van der Waals surface area contributed by atoms with Gasteiger partial charge in [-0.05, 0) is 42.7 Å². The second kappa shape index (κ2) is 5.26. The van der Waals surface area contributed by atoms with Gasteiger partial charge in [0.25, 0.3) is 0 Å². The summed E-state index contributed by atoms with van der Waals surface area (Å²) in [6, 6.07) is 3.37. The van der Waals surface area contributed by atoms with Gasteiger partial charge in [-0.25, -0.2) is 8.78 Å². The summed E-state index contributed by atoms with van der Waals surface area (Å²) >= 11 is 5.99. The number of benzene rings is 1. The summed E-state index contributed by atoms with van der Waals surface area (Å²) in [7, 11) is 0. The fourth-order valence-electron chi connectivity index (χ4n) is 3.67. The molecule has 1 spiro atoms. The van der Waals surface area contributed by atoms with Crippen molar-refractivity contribution >= 4 is 23.4 Å². The van der Waals surface area contributed by atoms with Gasteiger partial charge in [-0.3, -0.25) is 9.59 Å². The molecule has 1 aliphatic carbocycles. The monoisotopic (exact) mass is 342 g/mol. The summed E-state index contributed by atoms with van der Waals surface area (Å²) in [5.74, 6) is -4.87. The minimum absolute atomic E-state index is 0.118. The molecule has 2 fully saturated rings. The molecule has 23 heavy (non-hydrogen) atoms. The van der Waals surface area contributed by atoms with Crippen LogP contribution in [0.3, 0.4) is 0 Å². The van der Waals surface area contributed by atoms with Gasteiger partial charge in [-0.2, -0.15) is 0 Å². The predicted molar refractivity (Wildman–Crippen MR) is 80.9 cm³/mol. The molecule has 1 aliphatic heterocycles. The fraction of sp³-hybridized carbons (Fsp3) is 0.529. The van der Waals surface area contributed by atoms with E-state index in [9.17, 15) is 18.4 Å². The molecule has 1 aromatic carbocycles. The van der Waals surface area contributed by atoms with E-state index >= 15 is 0 Å². The van der Waals surface area contributed by atoms with Gasteiger partial charge in [0.2, 0.25) is 5.92 Å². The Hall–Kier alpha value is -1.49. The van der Waals surface area contributed by atoms with E-state index in [1.54, 1.807) is 26.0 Å². The summed E-state index contributed by atoms with van der Waals surface area (Å²) in [5, 5.41) is 0.523. The zero-order valence-corrected chi connectivity index (χ0v) is 13.7. The molecule has 6 heteroatoms. The Morgan fingerprint density at radius 2 is 1.61 bits per heavy atom. The van der Waals surface area contributed by atoms with Crippen LogP contribution in [0.15, 0.2) is 12.1 Å². The number of aryl methyl sites for hydroxylation is 2. The normalized spacial score (nSPS) is 25.7. The van der Waals surface area contributed by atoms with E-state index in [1.807, 2.05) is 0 Å². The second-order valence-corrected chi connectivity index (χ2v) is 6.96. The first kappa shape index (κ1) is 16.4. The van der Waals surface area contributed by atoms with Gasteiger partial charge >= 0.3 is 5.97 Å². The quantitative estimate of drug-likeness (QED) is 0.569. The summed E-state index contributed by atoms with van der Waals surface area (Å²) in [6.07, 6.45) is -1.10. The van der Waals surface area contributed by atoms with Crippen molar-refractivity contribution in [3.05, 3.63) is 33.8 Å². The van der Waals surface area contributed by atoms with Crippen LogP contribution in [0, 0.1) is 13.8 Å². The molecule has 1 atom stereocenters. The van der Waals surface area contributed by atoms with Crippen LogP contribution >= 0.6 is 11.6 Å². The molecule has 0 bridgehead atoms. The van der Waals surface area contributed by atoms with Crippen LogP contribution in [0.4, 0.5) is 8.78 Å². The van der Waals surface area contributed by atoms with Gasteiger partial charge in [-0.1, -0.05) is 11.6 Å². The number of carbonyl (C=O) groups excluding carboxylic acids is 2. The van der Waals surface area contributed by atoms with E-state index < -0.39 is 42.0 Å². The van der Waals surface area contributed by atoms with Gasteiger partial charge in [0.05, 0.1) is 0 Å². The first-order valence-electron chi connectivity index (χ1n) is 7.57. The molecular formula is C17H17ClF2O3. The van der Waals surface area contributed by atoms with Crippen molar-refractivity contribution in [2.45, 2.75) is 57.0 Å². The van der Waals surface area contributed by atoms with E-state index in [2.05, 4.69) is 0 Å². The van der Waals surface area contributed by atoms with Crippen molar-refractivity contribution < 1.29 is 23.1 Å². The third-order valence-electron chi connectivity index (χ3n) is 4.88. The van der Waals surface area contributed by atoms with Crippen LogP contribution in [0.2, 0.25) is 5.02 Å². The van der Waals surface area contributed by atoms with E-state index in [-0.39, 0.29) is 12.8 Å². The number of halogens is 3. The highest BCUT2D eigenvalue weighted by Crippen LogP contribution is 2.48. The van der Waals surface area contributed by atoms with Gasteiger partial charge in [0, 0.05) is 30.7 Å². The van der Waals surface area contributed by atoms with Crippen molar-refractivity contribution in [1.82, 2.24) is 0 Å². The summed E-state index contributed by atoms with van der Waals surface area (Å²) < 4.78 is 32.1. The van der Waals surface area contributed by atoms with Crippen LogP contribution in [0.5, 0.6) is 0 Å². The van der Waals surface area contributed by atoms with Crippen molar-refractivity contribution in [1.29, 1.82) is 0 Å². The molecule has 2 aliphatic rings. The Balaban J connectivity index is 1.98. The zero-order chi connectivity index (χ0) is 17.0. The SMILES string of the molecule is Cc1cc(Cl)cc(C)c1C1C(=O)OC2(CCC(F)(F)CC2)C1=O. The molecule has 124 valence electrons. The van der Waals surface area contributed by atoms with Gasteiger partial charge in [0.1, 0.15) is 5.92 Å². The highest BCUT2D eigenvalue weighted by Gasteiger charge is 2.59. The van der Waals surface area contributed by atoms with Crippen LogP contribution in [-0.4, -0.2) is 23.3 Å². The second-order valence-electron chi connectivity index (χ2n) is 6.52. The molecule has 1 saturated heterocycles. The zero-order valence-electron chi connectivity index (χ0n) is 12.9. The largest absolute Gasteiger partial charge is 0.450 e. The molecule has 1 unspecified atom stereocenters. The Morgan fingerprint density at radius 1 is 1.09 bits per heavy atom. The van der Waals surface area contributed by atoms with E-state index in [1.165, 1.54) is 0 Å². The minimum Gasteiger partial charge on any atom is -0.450 e. The number of hydrogen-bond donors (Lipinski definition) is 0. The highest BCUT2D eigenvalue weighted by molar-refractivity contribution is 6.30. The maximum absolute atomic E-state index is 13.4. The Morgan fingerprint density at radius 3 is 2.13 bits per heavy atom. The van der Waals surface area contributed by atoms with E-state index in [0.29, 0.717) is 10.6 Å². The van der Waals surface area contributed by atoms with Crippen LogP contribution in [0.1, 0.15) is 48.3 Å². The Labute approximate surface area is 138 Å². The standard InChI is InChI=1S/C17H17ClF2O3/c1-9-7-11(18)8-10(2)12(9)13-14(21)16(23-15(13)22)3-5-17(19,20)6-4-16/h7-8,13H,3-6H2,1-2H3.